The fraction of sp³-hybridized carbons (Fsp3) is 0.0189. The van der Waals surface area contributed by atoms with Crippen molar-refractivity contribution in [1.29, 1.82) is 0 Å². The maximum absolute atomic E-state index is 2.38. The Morgan fingerprint density at radius 3 is 0.909 bits per heavy atom. The van der Waals surface area contributed by atoms with Gasteiger partial charge in [0.2, 0.25) is 0 Å². The molecule has 262 valence electrons. The molecule has 10 aromatic carbocycles. The third-order valence-corrected chi connectivity index (χ3v) is 10.6. The van der Waals surface area contributed by atoms with Gasteiger partial charge in [0.25, 0.3) is 0 Å². The summed E-state index contributed by atoms with van der Waals surface area (Å²) in [5.41, 5.74) is 9.13. The van der Waals surface area contributed by atoms with Gasteiger partial charge < -0.3 is 9.80 Å². The van der Waals surface area contributed by atoms with Gasteiger partial charge in [-0.15, -0.1) is 0 Å². The number of hydrogen-bond donors (Lipinski definition) is 0. The van der Waals surface area contributed by atoms with Gasteiger partial charge in [-0.1, -0.05) is 165 Å². The number of benzene rings is 10. The van der Waals surface area contributed by atoms with Crippen molar-refractivity contribution >= 4 is 77.2 Å². The Morgan fingerprint density at radius 2 is 0.527 bits per heavy atom. The highest BCUT2D eigenvalue weighted by Gasteiger charge is 2.19. The van der Waals surface area contributed by atoms with Crippen LogP contribution in [0, 0.1) is 0 Å². The molecule has 0 N–H and O–H groups in total. The monoisotopic (exact) mass is 704 g/mol. The van der Waals surface area contributed by atoms with E-state index in [2.05, 4.69) is 228 Å². The number of hydrogen-bond acceptors (Lipinski definition) is 2. The number of anilines is 6. The normalized spacial score (nSPS) is 11.1. The molecule has 0 aliphatic rings. The first-order valence-corrected chi connectivity index (χ1v) is 18.5. The number of para-hydroxylation sites is 2. The first-order chi connectivity index (χ1) is 26.8. The molecule has 0 saturated carbocycles. The predicted octanol–water partition coefficient (Wildman–Crippen LogP) is 15.5. The van der Waals surface area contributed by atoms with Crippen molar-refractivity contribution in [3.63, 3.8) is 0 Å². The Hall–Kier alpha value is -7.16. The second-order valence-electron chi connectivity index (χ2n) is 13.8. The summed E-state index contributed by atoms with van der Waals surface area (Å²) in [6.45, 7) is 0. The van der Waals surface area contributed by atoms with Gasteiger partial charge in [-0.2, -0.15) is 0 Å². The predicted molar refractivity (Wildman–Crippen MR) is 238 cm³/mol. The second kappa shape index (κ2) is 14.3. The van der Waals surface area contributed by atoms with Gasteiger partial charge in [0.15, 0.2) is 0 Å². The van der Waals surface area contributed by atoms with Crippen LogP contribution in [-0.4, -0.2) is 0 Å². The molecule has 0 amide bonds. The number of rotatable bonds is 7. The zero-order chi connectivity index (χ0) is 35.8. The van der Waals surface area contributed by atoms with E-state index >= 15 is 0 Å². The standard InChI is InChI=1S/C52H36N2.CH4/c1-3-17-41(18-4-1)53(51-35-39-15-7-9-21-45(39)47-23-11-13-25-49(47)51)43-31-27-37(28-32-43)38-29-33-44(34-30-38)54(42-19-5-2-6-20-42)52-36-40-16-8-10-22-46(40)48-24-12-14-26-50(48)52;/h1-36H;1H4. The first-order valence-electron chi connectivity index (χ1n) is 18.5. The average Bonchev–Trinajstić information content (AvgIpc) is 3.25. The van der Waals surface area contributed by atoms with Gasteiger partial charge in [-0.3, -0.25) is 0 Å². The van der Waals surface area contributed by atoms with E-state index < -0.39 is 0 Å². The van der Waals surface area contributed by atoms with Crippen molar-refractivity contribution in [1.82, 2.24) is 0 Å². The van der Waals surface area contributed by atoms with Gasteiger partial charge in [-0.05, 0) is 104 Å². The molecule has 0 atom stereocenters. The molecule has 0 unspecified atom stereocenters. The van der Waals surface area contributed by atoms with Gasteiger partial charge in [0.1, 0.15) is 0 Å². The molecule has 0 saturated heterocycles. The summed E-state index contributed by atoms with van der Waals surface area (Å²) in [5.74, 6) is 0. The largest absolute Gasteiger partial charge is 0.310 e. The topological polar surface area (TPSA) is 6.48 Å². The molecule has 10 aromatic rings. The number of nitrogens with zero attached hydrogens (tertiary/aromatic N) is 2. The minimum atomic E-state index is 0. The molecule has 2 heteroatoms. The third kappa shape index (κ3) is 6.04. The van der Waals surface area contributed by atoms with Crippen LogP contribution < -0.4 is 9.80 Å². The van der Waals surface area contributed by atoms with Crippen molar-refractivity contribution in [3.05, 3.63) is 218 Å². The van der Waals surface area contributed by atoms with Crippen LogP contribution in [0.5, 0.6) is 0 Å². The summed E-state index contributed by atoms with van der Waals surface area (Å²) in [7, 11) is 0. The molecule has 0 radical (unpaired) electrons. The SMILES string of the molecule is C.c1ccc(N(c2ccc(-c3ccc(N(c4ccccc4)c4cc5ccccc5c5ccccc45)cc3)cc2)c2cc3ccccc3c3ccccc23)cc1. The smallest absolute Gasteiger partial charge is 0.0546 e. The molecule has 0 bridgehead atoms. The highest BCUT2D eigenvalue weighted by Crippen LogP contribution is 2.44. The maximum atomic E-state index is 2.38. The Bertz CT molecular complexity index is 2710. The van der Waals surface area contributed by atoms with Gasteiger partial charge >= 0.3 is 0 Å². The van der Waals surface area contributed by atoms with E-state index in [0.717, 1.165) is 34.1 Å². The molecule has 0 spiro atoms. The highest BCUT2D eigenvalue weighted by molar-refractivity contribution is 6.15. The van der Waals surface area contributed by atoms with Crippen LogP contribution in [0.3, 0.4) is 0 Å². The van der Waals surface area contributed by atoms with Crippen LogP contribution in [-0.2, 0) is 0 Å². The Balaban J connectivity index is 0.00000397. The molecular formula is C53H40N2. The molecular weight excluding hydrogens is 665 g/mol. The Morgan fingerprint density at radius 1 is 0.236 bits per heavy atom. The summed E-state index contributed by atoms with van der Waals surface area (Å²) < 4.78 is 0. The van der Waals surface area contributed by atoms with Crippen molar-refractivity contribution < 1.29 is 0 Å². The quantitative estimate of drug-likeness (QED) is 0.152. The third-order valence-electron chi connectivity index (χ3n) is 10.6. The van der Waals surface area contributed by atoms with E-state index in [1.807, 2.05) is 0 Å². The minimum absolute atomic E-state index is 0. The molecule has 0 fully saturated rings. The zero-order valence-corrected chi connectivity index (χ0v) is 29.7. The lowest BCUT2D eigenvalue weighted by Crippen LogP contribution is -2.10. The van der Waals surface area contributed by atoms with E-state index in [0.29, 0.717) is 0 Å². The molecule has 0 aromatic heterocycles. The maximum Gasteiger partial charge on any atom is 0.0546 e. The van der Waals surface area contributed by atoms with Crippen LogP contribution >= 0.6 is 0 Å². The van der Waals surface area contributed by atoms with Crippen molar-refractivity contribution in [3.8, 4) is 11.1 Å². The average molecular weight is 705 g/mol. The van der Waals surface area contributed by atoms with Crippen LogP contribution in [0.2, 0.25) is 0 Å². The van der Waals surface area contributed by atoms with Gasteiger partial charge in [0.05, 0.1) is 11.4 Å². The first kappa shape index (κ1) is 33.7. The molecule has 55 heavy (non-hydrogen) atoms. The summed E-state index contributed by atoms with van der Waals surface area (Å²) >= 11 is 0. The van der Waals surface area contributed by atoms with Crippen LogP contribution in [0.1, 0.15) is 7.43 Å². The molecule has 0 heterocycles. The summed E-state index contributed by atoms with van der Waals surface area (Å²) in [6, 6.07) is 78.8. The summed E-state index contributed by atoms with van der Waals surface area (Å²) in [6.07, 6.45) is 0. The van der Waals surface area contributed by atoms with Crippen LogP contribution in [0.4, 0.5) is 34.1 Å². The van der Waals surface area contributed by atoms with Crippen molar-refractivity contribution in [2.75, 3.05) is 9.80 Å². The summed E-state index contributed by atoms with van der Waals surface area (Å²) in [5, 5.41) is 9.94. The van der Waals surface area contributed by atoms with Gasteiger partial charge in [0, 0.05) is 33.5 Å². The van der Waals surface area contributed by atoms with Gasteiger partial charge in [-0.25, -0.2) is 0 Å². The van der Waals surface area contributed by atoms with Crippen molar-refractivity contribution in [2.45, 2.75) is 7.43 Å². The van der Waals surface area contributed by atoms with E-state index in [9.17, 15) is 0 Å². The lowest BCUT2D eigenvalue weighted by atomic mass is 9.98. The lowest BCUT2D eigenvalue weighted by molar-refractivity contribution is 1.30. The molecule has 10 rings (SSSR count). The Labute approximate surface area is 322 Å². The van der Waals surface area contributed by atoms with E-state index in [1.54, 1.807) is 0 Å². The second-order valence-corrected chi connectivity index (χ2v) is 13.8. The molecule has 0 aliphatic heterocycles. The minimum Gasteiger partial charge on any atom is -0.310 e. The fourth-order valence-electron chi connectivity index (χ4n) is 8.05. The number of fused-ring (bicyclic) bond motifs is 6. The van der Waals surface area contributed by atoms with Crippen molar-refractivity contribution in [2.24, 2.45) is 0 Å². The molecule has 2 nitrogen and oxygen atoms in total. The lowest BCUT2D eigenvalue weighted by Gasteiger charge is -2.28. The van der Waals surface area contributed by atoms with E-state index in [-0.39, 0.29) is 7.43 Å². The Kier molecular flexibility index (Phi) is 8.78. The molecule has 0 aliphatic carbocycles. The van der Waals surface area contributed by atoms with Crippen LogP contribution in [0.25, 0.3) is 54.2 Å². The fourth-order valence-corrected chi connectivity index (χ4v) is 8.05. The highest BCUT2D eigenvalue weighted by atomic mass is 15.1. The van der Waals surface area contributed by atoms with E-state index in [4.69, 9.17) is 0 Å². The van der Waals surface area contributed by atoms with E-state index in [1.165, 1.54) is 54.2 Å². The summed E-state index contributed by atoms with van der Waals surface area (Å²) in [4.78, 5) is 4.76. The zero-order valence-electron chi connectivity index (χ0n) is 29.7. The van der Waals surface area contributed by atoms with Crippen LogP contribution in [0.15, 0.2) is 218 Å².